The van der Waals surface area contributed by atoms with Crippen molar-refractivity contribution < 1.29 is 13.9 Å². The zero-order valence-corrected chi connectivity index (χ0v) is 10.2. The van der Waals surface area contributed by atoms with Gasteiger partial charge in [0.2, 0.25) is 5.76 Å². The Labute approximate surface area is 100 Å². The predicted molar refractivity (Wildman–Crippen MR) is 61.1 cm³/mol. The van der Waals surface area contributed by atoms with Crippen molar-refractivity contribution in [1.29, 1.82) is 5.26 Å². The number of furan rings is 1. The van der Waals surface area contributed by atoms with E-state index in [4.69, 9.17) is 9.68 Å². The monoisotopic (exact) mass is 236 g/mol. The molecule has 1 N–H and O–H groups in total. The first-order valence-electron chi connectivity index (χ1n) is 5.27. The van der Waals surface area contributed by atoms with Crippen LogP contribution in [0.4, 0.5) is 0 Å². The van der Waals surface area contributed by atoms with Crippen LogP contribution in [-0.2, 0) is 11.3 Å². The van der Waals surface area contributed by atoms with Gasteiger partial charge in [0.25, 0.3) is 0 Å². The van der Waals surface area contributed by atoms with Crippen molar-refractivity contribution in [3.63, 3.8) is 0 Å². The molecule has 0 aliphatic rings. The van der Waals surface area contributed by atoms with Gasteiger partial charge in [-0.15, -0.1) is 0 Å². The van der Waals surface area contributed by atoms with Crippen LogP contribution in [-0.4, -0.2) is 19.6 Å². The summed E-state index contributed by atoms with van der Waals surface area (Å²) in [5, 5.41) is 12.0. The topological polar surface area (TPSA) is 75.3 Å². The smallest absolute Gasteiger partial charge is 0.374 e. The molecule has 0 unspecified atom stereocenters. The first-order valence-corrected chi connectivity index (χ1v) is 5.27. The molecule has 0 radical (unpaired) electrons. The molecule has 5 nitrogen and oxygen atoms in total. The van der Waals surface area contributed by atoms with Gasteiger partial charge in [0, 0.05) is 18.7 Å². The number of esters is 1. The fourth-order valence-corrected chi connectivity index (χ4v) is 1.30. The molecule has 17 heavy (non-hydrogen) atoms. The summed E-state index contributed by atoms with van der Waals surface area (Å²) in [6.45, 7) is 4.69. The van der Waals surface area contributed by atoms with Crippen molar-refractivity contribution in [2.45, 2.75) is 20.4 Å². The molecule has 1 rings (SSSR count). The third kappa shape index (κ3) is 3.61. The maximum absolute atomic E-state index is 11.3. The molecular weight excluding hydrogens is 220 g/mol. The lowest BCUT2D eigenvalue weighted by atomic mass is 9.96. The zero-order valence-electron chi connectivity index (χ0n) is 10.2. The van der Waals surface area contributed by atoms with E-state index in [1.165, 1.54) is 13.4 Å². The van der Waals surface area contributed by atoms with Crippen molar-refractivity contribution in [2.24, 2.45) is 5.41 Å². The third-order valence-corrected chi connectivity index (χ3v) is 2.30. The lowest BCUT2D eigenvalue weighted by Gasteiger charge is -2.15. The van der Waals surface area contributed by atoms with Crippen LogP contribution in [0.5, 0.6) is 0 Å². The first kappa shape index (κ1) is 13.3. The van der Waals surface area contributed by atoms with Crippen molar-refractivity contribution in [3.8, 4) is 6.07 Å². The lowest BCUT2D eigenvalue weighted by Crippen LogP contribution is -2.28. The van der Waals surface area contributed by atoms with Gasteiger partial charge in [-0.1, -0.05) is 0 Å². The van der Waals surface area contributed by atoms with Crippen LogP contribution in [0.3, 0.4) is 0 Å². The van der Waals surface area contributed by atoms with Crippen LogP contribution in [0.15, 0.2) is 16.7 Å². The van der Waals surface area contributed by atoms with Gasteiger partial charge in [-0.2, -0.15) is 5.26 Å². The molecule has 0 amide bonds. The number of rotatable bonds is 5. The quantitative estimate of drug-likeness (QED) is 0.787. The number of hydrogen-bond acceptors (Lipinski definition) is 5. The van der Waals surface area contributed by atoms with E-state index < -0.39 is 11.4 Å². The van der Waals surface area contributed by atoms with Gasteiger partial charge >= 0.3 is 5.97 Å². The number of hydrogen-bond donors (Lipinski definition) is 1. The Hall–Kier alpha value is -1.80. The average molecular weight is 236 g/mol. The molecule has 0 saturated heterocycles. The van der Waals surface area contributed by atoms with E-state index in [9.17, 15) is 4.79 Å². The Bertz CT molecular complexity index is 429. The summed E-state index contributed by atoms with van der Waals surface area (Å²) in [5.74, 6) is -0.291. The second kappa shape index (κ2) is 5.51. The highest BCUT2D eigenvalue weighted by molar-refractivity contribution is 5.87. The summed E-state index contributed by atoms with van der Waals surface area (Å²) < 4.78 is 9.64. The Morgan fingerprint density at radius 3 is 2.94 bits per heavy atom. The Kier molecular flexibility index (Phi) is 4.30. The van der Waals surface area contributed by atoms with Crippen LogP contribution < -0.4 is 5.32 Å². The number of carbonyl (C=O) groups excluding carboxylic acids is 1. The summed E-state index contributed by atoms with van der Waals surface area (Å²) in [4.78, 5) is 11.3. The van der Waals surface area contributed by atoms with E-state index in [2.05, 4.69) is 16.1 Å². The molecule has 1 heterocycles. The number of methoxy groups -OCH3 is 1. The average Bonchev–Trinajstić information content (AvgIpc) is 2.76. The van der Waals surface area contributed by atoms with Crippen molar-refractivity contribution in [2.75, 3.05) is 13.7 Å². The van der Waals surface area contributed by atoms with Crippen LogP contribution in [0.1, 0.15) is 30.0 Å². The minimum Gasteiger partial charge on any atom is -0.463 e. The normalized spacial score (nSPS) is 10.9. The van der Waals surface area contributed by atoms with Gasteiger partial charge in [0.05, 0.1) is 24.9 Å². The maximum Gasteiger partial charge on any atom is 0.374 e. The van der Waals surface area contributed by atoms with E-state index in [0.29, 0.717) is 13.1 Å². The Balaban J connectivity index is 2.56. The zero-order chi connectivity index (χ0) is 12.9. The van der Waals surface area contributed by atoms with E-state index >= 15 is 0 Å². The summed E-state index contributed by atoms with van der Waals surface area (Å²) in [6, 6.07) is 3.90. The second-order valence-electron chi connectivity index (χ2n) is 4.37. The predicted octanol–water partition coefficient (Wildman–Crippen LogP) is 1.71. The van der Waals surface area contributed by atoms with Crippen molar-refractivity contribution >= 4 is 5.97 Å². The maximum atomic E-state index is 11.3. The van der Waals surface area contributed by atoms with E-state index in [0.717, 1.165) is 5.56 Å². The summed E-state index contributed by atoms with van der Waals surface area (Å²) in [5.41, 5.74) is 0.292. The van der Waals surface area contributed by atoms with Crippen molar-refractivity contribution in [3.05, 3.63) is 23.7 Å². The lowest BCUT2D eigenvalue weighted by molar-refractivity contribution is 0.0563. The molecule has 1 aromatic rings. The highest BCUT2D eigenvalue weighted by atomic mass is 16.5. The number of carbonyl (C=O) groups is 1. The van der Waals surface area contributed by atoms with E-state index in [1.54, 1.807) is 6.07 Å². The molecule has 1 aromatic heterocycles. The second-order valence-corrected chi connectivity index (χ2v) is 4.37. The standard InChI is InChI=1S/C12H16N2O3/c1-12(2,7-13)8-14-6-9-4-5-17-10(9)11(15)16-3/h4-5,14H,6,8H2,1-3H3. The Morgan fingerprint density at radius 2 is 2.35 bits per heavy atom. The molecule has 0 saturated carbocycles. The van der Waals surface area contributed by atoms with Gasteiger partial charge in [-0.25, -0.2) is 4.79 Å². The Morgan fingerprint density at radius 1 is 1.65 bits per heavy atom. The summed E-state index contributed by atoms with van der Waals surface area (Å²) in [7, 11) is 1.31. The molecule has 92 valence electrons. The summed E-state index contributed by atoms with van der Waals surface area (Å²) in [6.07, 6.45) is 1.44. The molecule has 0 aliphatic heterocycles. The number of nitrogens with one attached hydrogen (secondary N) is 1. The van der Waals surface area contributed by atoms with Gasteiger partial charge in [-0.05, 0) is 19.9 Å². The summed E-state index contributed by atoms with van der Waals surface area (Å²) >= 11 is 0. The van der Waals surface area contributed by atoms with Gasteiger partial charge in [0.1, 0.15) is 0 Å². The fourth-order valence-electron chi connectivity index (χ4n) is 1.30. The minimum absolute atomic E-state index is 0.203. The van der Waals surface area contributed by atoms with Crippen LogP contribution in [0, 0.1) is 16.7 Å². The molecule has 0 atom stereocenters. The molecule has 0 aliphatic carbocycles. The van der Waals surface area contributed by atoms with Gasteiger partial charge in [-0.3, -0.25) is 0 Å². The largest absolute Gasteiger partial charge is 0.463 e. The minimum atomic E-state index is -0.494. The molecule has 5 heteroatoms. The van der Waals surface area contributed by atoms with Gasteiger partial charge in [0.15, 0.2) is 0 Å². The van der Waals surface area contributed by atoms with Crippen molar-refractivity contribution in [1.82, 2.24) is 5.32 Å². The van der Waals surface area contributed by atoms with Gasteiger partial charge < -0.3 is 14.5 Å². The molecule has 0 aromatic carbocycles. The van der Waals surface area contributed by atoms with Crippen LogP contribution >= 0.6 is 0 Å². The number of nitriles is 1. The first-order chi connectivity index (χ1) is 8.00. The molecular formula is C12H16N2O3. The third-order valence-electron chi connectivity index (χ3n) is 2.30. The SMILES string of the molecule is COC(=O)c1occc1CNCC(C)(C)C#N. The molecule has 0 spiro atoms. The van der Waals surface area contributed by atoms with E-state index in [1.807, 2.05) is 13.8 Å². The van der Waals surface area contributed by atoms with Crippen LogP contribution in [0.2, 0.25) is 0 Å². The van der Waals surface area contributed by atoms with E-state index in [-0.39, 0.29) is 5.76 Å². The number of ether oxygens (including phenoxy) is 1. The highest BCUT2D eigenvalue weighted by Crippen LogP contribution is 2.14. The molecule has 0 bridgehead atoms. The fraction of sp³-hybridized carbons (Fsp3) is 0.500. The number of nitrogens with zero attached hydrogens (tertiary/aromatic N) is 1. The molecule has 0 fully saturated rings. The van der Waals surface area contributed by atoms with Crippen LogP contribution in [0.25, 0.3) is 0 Å². The highest BCUT2D eigenvalue weighted by Gasteiger charge is 2.18.